The molecule has 1 atom stereocenters. The van der Waals surface area contributed by atoms with Gasteiger partial charge in [-0.3, -0.25) is 14.5 Å². The number of carbonyl (C=O) groups excluding carboxylic acids is 2. The maximum absolute atomic E-state index is 12.6. The van der Waals surface area contributed by atoms with E-state index in [2.05, 4.69) is 24.4 Å². The molecule has 1 N–H and O–H groups in total. The van der Waals surface area contributed by atoms with Crippen molar-refractivity contribution in [2.24, 2.45) is 0 Å². The summed E-state index contributed by atoms with van der Waals surface area (Å²) >= 11 is 1.61. The molecule has 0 radical (unpaired) electrons. The van der Waals surface area contributed by atoms with Crippen LogP contribution in [0.2, 0.25) is 0 Å². The summed E-state index contributed by atoms with van der Waals surface area (Å²) in [5, 5.41) is 2.85. The molecule has 1 aliphatic rings. The molecule has 3 aromatic carbocycles. The Bertz CT molecular complexity index is 1040. The van der Waals surface area contributed by atoms with Gasteiger partial charge in [-0.05, 0) is 53.9 Å². The van der Waals surface area contributed by atoms with Crippen LogP contribution in [0, 0.1) is 0 Å². The van der Waals surface area contributed by atoms with Gasteiger partial charge in [-0.1, -0.05) is 49.4 Å². The van der Waals surface area contributed by atoms with Crippen LogP contribution in [0.3, 0.4) is 0 Å². The van der Waals surface area contributed by atoms with Gasteiger partial charge in [-0.25, -0.2) is 0 Å². The first-order chi connectivity index (χ1) is 14.2. The van der Waals surface area contributed by atoms with E-state index in [9.17, 15) is 9.59 Å². The number of anilines is 2. The van der Waals surface area contributed by atoms with E-state index in [1.54, 1.807) is 23.9 Å². The van der Waals surface area contributed by atoms with Gasteiger partial charge >= 0.3 is 0 Å². The van der Waals surface area contributed by atoms with E-state index in [-0.39, 0.29) is 17.2 Å². The van der Waals surface area contributed by atoms with E-state index in [1.165, 1.54) is 5.56 Å². The smallest absolute Gasteiger partial charge is 0.255 e. The average molecular weight is 403 g/mol. The average Bonchev–Trinajstić information content (AvgIpc) is 3.16. The third-order valence-electron chi connectivity index (χ3n) is 4.93. The number of thioether (sulfide) groups is 1. The summed E-state index contributed by atoms with van der Waals surface area (Å²) in [6.45, 7) is 2.11. The number of rotatable bonds is 5. The highest BCUT2D eigenvalue weighted by Gasteiger charge is 2.34. The number of hydrogen-bond acceptors (Lipinski definition) is 3. The van der Waals surface area contributed by atoms with Crippen LogP contribution in [0.25, 0.3) is 0 Å². The summed E-state index contributed by atoms with van der Waals surface area (Å²) in [5.41, 5.74) is 4.45. The molecule has 2 amide bonds. The molecule has 4 nitrogen and oxygen atoms in total. The van der Waals surface area contributed by atoms with Gasteiger partial charge in [0.1, 0.15) is 5.37 Å². The van der Waals surface area contributed by atoms with Crippen LogP contribution >= 0.6 is 11.8 Å². The standard InChI is InChI=1S/C24H22N2O2S/c1-2-17-8-6-13-21(14-17)26-22(27)16-29-24(26)19-11-7-12-20(15-19)25-23(28)18-9-4-3-5-10-18/h3-15,24H,2,16H2,1H3,(H,25,28). The Morgan fingerprint density at radius 3 is 2.62 bits per heavy atom. The number of nitrogens with one attached hydrogen (secondary N) is 1. The number of aryl methyl sites for hydroxylation is 1. The van der Waals surface area contributed by atoms with E-state index >= 15 is 0 Å². The number of carbonyl (C=O) groups is 2. The predicted octanol–water partition coefficient (Wildman–Crippen LogP) is 5.28. The third kappa shape index (κ3) is 4.20. The Hall–Kier alpha value is -3.05. The van der Waals surface area contributed by atoms with Crippen LogP contribution in [0.4, 0.5) is 11.4 Å². The summed E-state index contributed by atoms with van der Waals surface area (Å²) in [7, 11) is 0. The van der Waals surface area contributed by atoms with Gasteiger partial charge in [-0.2, -0.15) is 0 Å². The lowest BCUT2D eigenvalue weighted by Crippen LogP contribution is -2.28. The van der Waals surface area contributed by atoms with Crippen LogP contribution in [-0.2, 0) is 11.2 Å². The van der Waals surface area contributed by atoms with E-state index in [4.69, 9.17) is 0 Å². The predicted molar refractivity (Wildman–Crippen MR) is 119 cm³/mol. The first-order valence-electron chi connectivity index (χ1n) is 9.64. The molecule has 1 saturated heterocycles. The summed E-state index contributed by atoms with van der Waals surface area (Å²) in [4.78, 5) is 27.0. The second-order valence-corrected chi connectivity index (χ2v) is 7.96. The van der Waals surface area contributed by atoms with Crippen LogP contribution in [0.15, 0.2) is 78.9 Å². The van der Waals surface area contributed by atoms with Crippen molar-refractivity contribution in [2.45, 2.75) is 18.7 Å². The molecule has 1 fully saturated rings. The maximum Gasteiger partial charge on any atom is 0.255 e. The first-order valence-corrected chi connectivity index (χ1v) is 10.7. The van der Waals surface area contributed by atoms with E-state index in [0.717, 1.165) is 23.4 Å². The van der Waals surface area contributed by atoms with Gasteiger partial charge < -0.3 is 5.32 Å². The second-order valence-electron chi connectivity index (χ2n) is 6.90. The highest BCUT2D eigenvalue weighted by atomic mass is 32.2. The Kier molecular flexibility index (Phi) is 5.67. The Morgan fingerprint density at radius 1 is 1.03 bits per heavy atom. The van der Waals surface area contributed by atoms with E-state index in [0.29, 0.717) is 11.3 Å². The molecule has 4 rings (SSSR count). The summed E-state index contributed by atoms with van der Waals surface area (Å²) in [5.74, 6) is 0.402. The highest BCUT2D eigenvalue weighted by molar-refractivity contribution is 8.00. The second kappa shape index (κ2) is 8.53. The monoisotopic (exact) mass is 402 g/mol. The SMILES string of the molecule is CCc1cccc(N2C(=O)CSC2c2cccc(NC(=O)c3ccccc3)c2)c1. The zero-order valence-corrected chi connectivity index (χ0v) is 17.0. The first kappa shape index (κ1) is 19.3. The molecular weight excluding hydrogens is 380 g/mol. The maximum atomic E-state index is 12.6. The molecular formula is C24H22N2O2S. The molecule has 1 unspecified atom stereocenters. The topological polar surface area (TPSA) is 49.4 Å². The van der Waals surface area contributed by atoms with E-state index < -0.39 is 0 Å². The molecule has 1 aliphatic heterocycles. The Morgan fingerprint density at radius 2 is 1.83 bits per heavy atom. The number of hydrogen-bond donors (Lipinski definition) is 1. The van der Waals surface area contributed by atoms with Crippen molar-refractivity contribution in [3.63, 3.8) is 0 Å². The Labute approximate surface area is 174 Å². The molecule has 0 aliphatic carbocycles. The van der Waals surface area contributed by atoms with Crippen molar-refractivity contribution in [3.05, 3.63) is 95.6 Å². The van der Waals surface area contributed by atoms with Crippen molar-refractivity contribution in [1.82, 2.24) is 0 Å². The van der Waals surface area contributed by atoms with Crippen LogP contribution < -0.4 is 10.2 Å². The lowest BCUT2D eigenvalue weighted by atomic mass is 10.1. The van der Waals surface area contributed by atoms with Gasteiger partial charge in [0.05, 0.1) is 5.75 Å². The largest absolute Gasteiger partial charge is 0.322 e. The van der Waals surface area contributed by atoms with Crippen LogP contribution in [0.1, 0.15) is 33.8 Å². The van der Waals surface area contributed by atoms with Crippen molar-refractivity contribution >= 4 is 35.0 Å². The molecule has 5 heteroatoms. The van der Waals surface area contributed by atoms with Crippen molar-refractivity contribution in [2.75, 3.05) is 16.0 Å². The summed E-state index contributed by atoms with van der Waals surface area (Å²) in [6.07, 6.45) is 0.925. The fourth-order valence-electron chi connectivity index (χ4n) is 3.44. The van der Waals surface area contributed by atoms with Gasteiger partial charge in [0, 0.05) is 16.9 Å². The molecule has 1 heterocycles. The minimum Gasteiger partial charge on any atom is -0.322 e. The van der Waals surface area contributed by atoms with Crippen molar-refractivity contribution < 1.29 is 9.59 Å². The number of amides is 2. The fourth-order valence-corrected chi connectivity index (χ4v) is 4.61. The van der Waals surface area contributed by atoms with Gasteiger partial charge in [0.15, 0.2) is 0 Å². The molecule has 3 aromatic rings. The van der Waals surface area contributed by atoms with Crippen molar-refractivity contribution in [1.29, 1.82) is 0 Å². The zero-order valence-electron chi connectivity index (χ0n) is 16.2. The van der Waals surface area contributed by atoms with Gasteiger partial charge in [0.25, 0.3) is 5.91 Å². The number of nitrogens with zero attached hydrogens (tertiary/aromatic N) is 1. The van der Waals surface area contributed by atoms with Gasteiger partial charge in [0.2, 0.25) is 5.91 Å². The molecule has 0 saturated carbocycles. The zero-order chi connectivity index (χ0) is 20.2. The molecule has 29 heavy (non-hydrogen) atoms. The number of benzene rings is 3. The minimum absolute atomic E-state index is 0.104. The van der Waals surface area contributed by atoms with Crippen molar-refractivity contribution in [3.8, 4) is 0 Å². The molecule has 0 aromatic heterocycles. The highest BCUT2D eigenvalue weighted by Crippen LogP contribution is 2.42. The minimum atomic E-state index is -0.148. The molecule has 146 valence electrons. The fraction of sp³-hybridized carbons (Fsp3) is 0.167. The lowest BCUT2D eigenvalue weighted by Gasteiger charge is -2.25. The van der Waals surface area contributed by atoms with Gasteiger partial charge in [-0.15, -0.1) is 11.8 Å². The lowest BCUT2D eigenvalue weighted by molar-refractivity contribution is -0.115. The summed E-state index contributed by atoms with van der Waals surface area (Å²) < 4.78 is 0. The Balaban J connectivity index is 1.59. The third-order valence-corrected chi connectivity index (χ3v) is 6.14. The summed E-state index contributed by atoms with van der Waals surface area (Å²) in [6, 6.07) is 25.0. The molecule has 0 spiro atoms. The van der Waals surface area contributed by atoms with Crippen LogP contribution in [0.5, 0.6) is 0 Å². The van der Waals surface area contributed by atoms with E-state index in [1.807, 2.05) is 59.5 Å². The molecule has 0 bridgehead atoms. The quantitative estimate of drug-likeness (QED) is 0.632. The normalized spacial score (nSPS) is 16.1. The van der Waals surface area contributed by atoms with Crippen LogP contribution in [-0.4, -0.2) is 17.6 Å².